The molecule has 0 bridgehead atoms. The molecule has 1 aliphatic heterocycles. The average Bonchev–Trinajstić information content (AvgIpc) is 3.05. The van der Waals surface area contributed by atoms with E-state index < -0.39 is 0 Å². The highest BCUT2D eigenvalue weighted by atomic mass is 32.1. The number of carbonyl (C=O) groups is 1. The molecule has 0 amide bonds. The number of hydrogen-bond donors (Lipinski definition) is 1. The number of carbonyl (C=O) groups excluding carboxylic acids is 1. The Kier molecular flexibility index (Phi) is 5.09. The van der Waals surface area contributed by atoms with Crippen LogP contribution in [-0.2, 0) is 16.1 Å². The van der Waals surface area contributed by atoms with Gasteiger partial charge in [-0.15, -0.1) is 10.2 Å². The normalized spacial score (nSPS) is 19.6. The zero-order chi connectivity index (χ0) is 13.7. The molecule has 0 aromatic carbocycles. The van der Waals surface area contributed by atoms with E-state index in [1.165, 1.54) is 7.11 Å². The van der Waals surface area contributed by atoms with Gasteiger partial charge >= 0.3 is 5.97 Å². The van der Waals surface area contributed by atoms with E-state index in [0.29, 0.717) is 6.54 Å². The van der Waals surface area contributed by atoms with Gasteiger partial charge in [-0.25, -0.2) is 0 Å². The molecule has 0 spiro atoms. The fourth-order valence-electron chi connectivity index (χ4n) is 2.21. The molecule has 1 aromatic rings. The van der Waals surface area contributed by atoms with Crippen molar-refractivity contribution < 1.29 is 9.53 Å². The second kappa shape index (κ2) is 6.81. The van der Waals surface area contributed by atoms with E-state index >= 15 is 0 Å². The Hall–Kier alpha value is -1.21. The molecule has 0 saturated carbocycles. The molecule has 1 aromatic heterocycles. The highest BCUT2D eigenvalue weighted by Gasteiger charge is 2.31. The van der Waals surface area contributed by atoms with E-state index in [1.807, 2.05) is 0 Å². The third-order valence-corrected chi connectivity index (χ3v) is 4.03. The predicted octanol–water partition coefficient (Wildman–Crippen LogP) is 1.50. The SMILES string of the molecule is CCCNc1nnc(CN2CCCC2C(=O)OC)s1. The number of ether oxygens (including phenoxy) is 1. The zero-order valence-corrected chi connectivity index (χ0v) is 12.2. The Bertz CT molecular complexity index is 424. The molecule has 7 heteroatoms. The second-order valence-electron chi connectivity index (χ2n) is 4.58. The quantitative estimate of drug-likeness (QED) is 0.798. The molecule has 0 radical (unpaired) electrons. The van der Waals surface area contributed by atoms with Crippen molar-refractivity contribution in [1.82, 2.24) is 15.1 Å². The van der Waals surface area contributed by atoms with Crippen LogP contribution in [0.15, 0.2) is 0 Å². The van der Waals surface area contributed by atoms with Crippen molar-refractivity contribution in [2.24, 2.45) is 0 Å². The molecule has 1 aliphatic rings. The first-order chi connectivity index (χ1) is 9.24. The minimum atomic E-state index is -0.147. The average molecular weight is 284 g/mol. The number of hydrogen-bond acceptors (Lipinski definition) is 7. The van der Waals surface area contributed by atoms with Gasteiger partial charge in [-0.3, -0.25) is 9.69 Å². The lowest BCUT2D eigenvalue weighted by Crippen LogP contribution is -2.36. The van der Waals surface area contributed by atoms with Crippen molar-refractivity contribution in [3.63, 3.8) is 0 Å². The van der Waals surface area contributed by atoms with Crippen LogP contribution >= 0.6 is 11.3 Å². The third-order valence-electron chi connectivity index (χ3n) is 3.17. The Balaban J connectivity index is 1.92. The van der Waals surface area contributed by atoms with E-state index in [4.69, 9.17) is 4.74 Å². The second-order valence-corrected chi connectivity index (χ2v) is 5.64. The van der Waals surface area contributed by atoms with Gasteiger partial charge in [-0.2, -0.15) is 0 Å². The largest absolute Gasteiger partial charge is 0.468 e. The molecule has 106 valence electrons. The summed E-state index contributed by atoms with van der Waals surface area (Å²) in [6.45, 7) is 4.60. The van der Waals surface area contributed by atoms with Gasteiger partial charge in [0.15, 0.2) is 0 Å². The zero-order valence-electron chi connectivity index (χ0n) is 11.4. The van der Waals surface area contributed by atoms with Crippen molar-refractivity contribution in [3.8, 4) is 0 Å². The van der Waals surface area contributed by atoms with Crippen LogP contribution in [0.1, 0.15) is 31.2 Å². The molecule has 2 rings (SSSR count). The maximum atomic E-state index is 11.7. The minimum Gasteiger partial charge on any atom is -0.468 e. The van der Waals surface area contributed by atoms with Crippen molar-refractivity contribution >= 4 is 22.4 Å². The van der Waals surface area contributed by atoms with Crippen molar-refractivity contribution in [2.75, 3.05) is 25.5 Å². The molecule has 2 heterocycles. The molecule has 1 unspecified atom stereocenters. The van der Waals surface area contributed by atoms with Crippen LogP contribution in [0.25, 0.3) is 0 Å². The molecule has 1 atom stereocenters. The summed E-state index contributed by atoms with van der Waals surface area (Å²) in [5.74, 6) is -0.147. The van der Waals surface area contributed by atoms with E-state index in [2.05, 4.69) is 27.3 Å². The van der Waals surface area contributed by atoms with Gasteiger partial charge in [0.05, 0.1) is 13.7 Å². The fraction of sp³-hybridized carbons (Fsp3) is 0.750. The first-order valence-electron chi connectivity index (χ1n) is 6.62. The lowest BCUT2D eigenvalue weighted by molar-refractivity contribution is -0.146. The lowest BCUT2D eigenvalue weighted by Gasteiger charge is -2.20. The summed E-state index contributed by atoms with van der Waals surface area (Å²) in [6, 6.07) is -0.124. The molecule has 6 nitrogen and oxygen atoms in total. The van der Waals surface area contributed by atoms with Crippen LogP contribution in [0.5, 0.6) is 0 Å². The van der Waals surface area contributed by atoms with Crippen LogP contribution in [0.2, 0.25) is 0 Å². The Labute approximate surface area is 117 Å². The smallest absolute Gasteiger partial charge is 0.323 e. The van der Waals surface area contributed by atoms with Crippen molar-refractivity contribution in [3.05, 3.63) is 5.01 Å². The summed E-state index contributed by atoms with van der Waals surface area (Å²) in [5, 5.41) is 13.3. The van der Waals surface area contributed by atoms with Gasteiger partial charge in [0.2, 0.25) is 5.13 Å². The number of nitrogens with one attached hydrogen (secondary N) is 1. The van der Waals surface area contributed by atoms with Crippen molar-refractivity contribution in [1.29, 1.82) is 0 Å². The summed E-state index contributed by atoms with van der Waals surface area (Å²) in [7, 11) is 1.44. The molecule has 1 fully saturated rings. The highest BCUT2D eigenvalue weighted by Crippen LogP contribution is 2.23. The molecule has 19 heavy (non-hydrogen) atoms. The summed E-state index contributed by atoms with van der Waals surface area (Å²) in [6.07, 6.45) is 2.96. The summed E-state index contributed by atoms with van der Waals surface area (Å²) in [5.41, 5.74) is 0. The van der Waals surface area contributed by atoms with E-state index in [-0.39, 0.29) is 12.0 Å². The number of rotatable bonds is 6. The van der Waals surface area contributed by atoms with Gasteiger partial charge in [0.25, 0.3) is 0 Å². The van der Waals surface area contributed by atoms with Gasteiger partial charge in [0.1, 0.15) is 11.0 Å². The number of esters is 1. The highest BCUT2D eigenvalue weighted by molar-refractivity contribution is 7.15. The number of likely N-dealkylation sites (tertiary alicyclic amines) is 1. The summed E-state index contributed by atoms with van der Waals surface area (Å²) >= 11 is 1.55. The Morgan fingerprint density at radius 3 is 3.16 bits per heavy atom. The molecular formula is C12H20N4O2S. The molecule has 1 saturated heterocycles. The van der Waals surface area contributed by atoms with Gasteiger partial charge in [0, 0.05) is 6.54 Å². The topological polar surface area (TPSA) is 67.4 Å². The van der Waals surface area contributed by atoms with Crippen LogP contribution in [0, 0.1) is 0 Å². The van der Waals surface area contributed by atoms with Crippen LogP contribution < -0.4 is 5.32 Å². The maximum absolute atomic E-state index is 11.7. The van der Waals surface area contributed by atoms with E-state index in [9.17, 15) is 4.79 Å². The standard InChI is InChI=1S/C12H20N4O2S/c1-3-6-13-12-15-14-10(19-12)8-16-7-4-5-9(16)11(17)18-2/h9H,3-8H2,1-2H3,(H,13,15). The number of methoxy groups -OCH3 is 1. The van der Waals surface area contributed by atoms with Crippen LogP contribution in [0.3, 0.4) is 0 Å². The van der Waals surface area contributed by atoms with E-state index in [1.54, 1.807) is 11.3 Å². The number of aromatic nitrogens is 2. The van der Waals surface area contributed by atoms with Crippen LogP contribution in [0.4, 0.5) is 5.13 Å². The Morgan fingerprint density at radius 1 is 1.58 bits per heavy atom. The number of anilines is 1. The molecular weight excluding hydrogens is 264 g/mol. The third kappa shape index (κ3) is 3.63. The summed E-state index contributed by atoms with van der Waals surface area (Å²) < 4.78 is 4.83. The first-order valence-corrected chi connectivity index (χ1v) is 7.44. The van der Waals surface area contributed by atoms with E-state index in [0.717, 1.165) is 42.5 Å². The van der Waals surface area contributed by atoms with Gasteiger partial charge < -0.3 is 10.1 Å². The van der Waals surface area contributed by atoms with Gasteiger partial charge in [-0.05, 0) is 25.8 Å². The van der Waals surface area contributed by atoms with Crippen molar-refractivity contribution in [2.45, 2.75) is 38.8 Å². The maximum Gasteiger partial charge on any atom is 0.323 e. The minimum absolute atomic E-state index is 0.124. The first kappa shape index (κ1) is 14.2. The van der Waals surface area contributed by atoms with Gasteiger partial charge in [-0.1, -0.05) is 18.3 Å². The number of nitrogens with zero attached hydrogens (tertiary/aromatic N) is 3. The summed E-state index contributed by atoms with van der Waals surface area (Å²) in [4.78, 5) is 13.8. The monoisotopic (exact) mass is 284 g/mol. The molecule has 1 N–H and O–H groups in total. The Morgan fingerprint density at radius 2 is 2.42 bits per heavy atom. The lowest BCUT2D eigenvalue weighted by atomic mass is 10.2. The fourth-order valence-corrected chi connectivity index (χ4v) is 3.00. The molecule has 0 aliphatic carbocycles. The van der Waals surface area contributed by atoms with Crippen LogP contribution in [-0.4, -0.2) is 47.3 Å². The predicted molar refractivity (Wildman–Crippen MR) is 74.1 cm³/mol.